The highest BCUT2D eigenvalue weighted by molar-refractivity contribution is 5.87. The highest BCUT2D eigenvalue weighted by Crippen LogP contribution is 2.62. The Bertz CT molecular complexity index is 2830. The first-order valence-corrected chi connectivity index (χ1v) is 24.7. The van der Waals surface area contributed by atoms with Gasteiger partial charge in [0.2, 0.25) is 0 Å². The van der Waals surface area contributed by atoms with Gasteiger partial charge in [0.15, 0.2) is 0 Å². The van der Waals surface area contributed by atoms with E-state index >= 15 is 0 Å². The van der Waals surface area contributed by atoms with Crippen LogP contribution in [0.15, 0.2) is 121 Å². The number of rotatable bonds is 6. The summed E-state index contributed by atoms with van der Waals surface area (Å²) in [5, 5.41) is 20.7. The van der Waals surface area contributed by atoms with E-state index in [0.717, 1.165) is 57.8 Å². The molecule has 6 nitrogen and oxygen atoms in total. The lowest BCUT2D eigenvalue weighted by molar-refractivity contribution is -0.0182. The van der Waals surface area contributed by atoms with Crippen molar-refractivity contribution in [3.8, 4) is 69.3 Å². The van der Waals surface area contributed by atoms with E-state index in [2.05, 4.69) is 84.3 Å². The number of ether oxygens (including phenoxy) is 2. The lowest BCUT2D eigenvalue weighted by Gasteiger charge is -2.54. The van der Waals surface area contributed by atoms with E-state index in [4.69, 9.17) is 20.9 Å². The van der Waals surface area contributed by atoms with Gasteiger partial charge in [-0.1, -0.05) is 60.1 Å². The summed E-state index contributed by atoms with van der Waals surface area (Å²) in [6.07, 6.45) is 15.8. The molecule has 334 valence electrons. The molecule has 0 aliphatic heterocycles. The van der Waals surface area contributed by atoms with E-state index in [1.54, 1.807) is 36.4 Å². The van der Waals surface area contributed by atoms with Crippen molar-refractivity contribution < 1.29 is 19.7 Å². The van der Waals surface area contributed by atoms with Crippen molar-refractivity contribution >= 4 is 11.4 Å². The van der Waals surface area contributed by atoms with Crippen LogP contribution < -0.4 is 20.9 Å². The molecular weight excluding hydrogens is 825 g/mol. The van der Waals surface area contributed by atoms with Crippen molar-refractivity contribution in [3.05, 3.63) is 155 Å². The highest BCUT2D eigenvalue weighted by atomic mass is 16.5. The third kappa shape index (κ3) is 6.94. The zero-order valence-corrected chi connectivity index (χ0v) is 37.9. The van der Waals surface area contributed by atoms with Gasteiger partial charge in [0.05, 0.1) is 16.8 Å². The summed E-state index contributed by atoms with van der Waals surface area (Å²) in [5.74, 6) is 22.8. The van der Waals surface area contributed by atoms with Crippen LogP contribution in [0.3, 0.4) is 0 Å². The molecule has 67 heavy (non-hydrogen) atoms. The van der Waals surface area contributed by atoms with E-state index in [1.807, 2.05) is 24.3 Å². The van der Waals surface area contributed by atoms with Gasteiger partial charge in [-0.05, 0) is 219 Å². The molecule has 0 heterocycles. The quantitative estimate of drug-likeness (QED) is 0.0752. The normalized spacial score (nSPS) is 28.4. The van der Waals surface area contributed by atoms with Crippen LogP contribution >= 0.6 is 0 Å². The number of hydrogen-bond acceptors (Lipinski definition) is 6. The molecule has 6 heteroatoms. The average molecular weight is 881 g/mol. The van der Waals surface area contributed by atoms with Crippen molar-refractivity contribution in [1.29, 1.82) is 0 Å². The summed E-state index contributed by atoms with van der Waals surface area (Å²) >= 11 is 0. The average Bonchev–Trinajstić information content (AvgIpc) is 3.59. The summed E-state index contributed by atoms with van der Waals surface area (Å²) in [6.45, 7) is 0. The molecule has 0 radical (unpaired) electrons. The molecule has 15 rings (SSSR count). The molecular formula is C61H56N2O4. The largest absolute Gasteiger partial charge is 0.506 e. The molecule has 6 aromatic rings. The van der Waals surface area contributed by atoms with Crippen LogP contribution in [0.4, 0.5) is 11.4 Å². The predicted octanol–water partition coefficient (Wildman–Crippen LogP) is 13.3. The van der Waals surface area contributed by atoms with Gasteiger partial charge in [0, 0.05) is 34.1 Å². The SMILES string of the molecule is Nc1ccc(Oc2ccc(C3(c4ccc(Oc5ccc(N)c(O)c5)cc4)c4cc(C#CC56CC7CC(CC(C7)C5)C6)ccc4-c4ccc(C#CC56CC7CC(CC(C7)C5)C6)cc43)cc2)cc1O. The fraction of sp³-hybridized carbons (Fsp3) is 0.344. The molecule has 6 aromatic carbocycles. The number of benzene rings is 6. The number of phenols is 2. The van der Waals surface area contributed by atoms with Gasteiger partial charge in [-0.3, -0.25) is 0 Å². The van der Waals surface area contributed by atoms with E-state index < -0.39 is 5.41 Å². The summed E-state index contributed by atoms with van der Waals surface area (Å²) in [4.78, 5) is 0. The minimum atomic E-state index is -0.766. The minimum absolute atomic E-state index is 0.0166. The first-order chi connectivity index (χ1) is 32.6. The second kappa shape index (κ2) is 15.1. The number of nitrogens with two attached hydrogens (primary N) is 2. The third-order valence-electron chi connectivity index (χ3n) is 17.2. The number of anilines is 2. The van der Waals surface area contributed by atoms with Crippen molar-refractivity contribution in [2.75, 3.05) is 11.5 Å². The van der Waals surface area contributed by atoms with Crippen molar-refractivity contribution in [1.82, 2.24) is 0 Å². The van der Waals surface area contributed by atoms with Gasteiger partial charge in [0.25, 0.3) is 0 Å². The van der Waals surface area contributed by atoms with Gasteiger partial charge in [-0.2, -0.15) is 0 Å². The van der Waals surface area contributed by atoms with Crippen LogP contribution in [0.25, 0.3) is 11.1 Å². The summed E-state index contributed by atoms with van der Waals surface area (Å²) < 4.78 is 12.6. The molecule has 8 fully saturated rings. The summed E-state index contributed by atoms with van der Waals surface area (Å²) in [5.41, 5.74) is 20.9. The molecule has 0 saturated heterocycles. The van der Waals surface area contributed by atoms with Crippen LogP contribution in [-0.4, -0.2) is 10.2 Å². The third-order valence-corrected chi connectivity index (χ3v) is 17.2. The molecule has 0 amide bonds. The van der Waals surface area contributed by atoms with E-state index in [0.29, 0.717) is 34.4 Å². The Morgan fingerprint density at radius 2 is 0.761 bits per heavy atom. The van der Waals surface area contributed by atoms with Crippen molar-refractivity contribution in [2.45, 2.75) is 82.5 Å². The van der Waals surface area contributed by atoms with Gasteiger partial charge < -0.3 is 31.2 Å². The maximum Gasteiger partial charge on any atom is 0.142 e. The van der Waals surface area contributed by atoms with E-state index in [1.165, 1.54) is 99.3 Å². The van der Waals surface area contributed by atoms with Gasteiger partial charge in [0.1, 0.15) is 34.5 Å². The van der Waals surface area contributed by atoms with Gasteiger partial charge >= 0.3 is 0 Å². The first-order valence-electron chi connectivity index (χ1n) is 24.7. The van der Waals surface area contributed by atoms with Crippen molar-refractivity contribution in [3.63, 3.8) is 0 Å². The molecule has 0 spiro atoms. The van der Waals surface area contributed by atoms with Crippen LogP contribution in [0.5, 0.6) is 34.5 Å². The number of hydrogen-bond donors (Lipinski definition) is 4. The number of fused-ring (bicyclic) bond motifs is 3. The zero-order chi connectivity index (χ0) is 45.1. The summed E-state index contributed by atoms with van der Waals surface area (Å²) in [6, 6.07) is 40.5. The molecule has 8 saturated carbocycles. The second-order valence-corrected chi connectivity index (χ2v) is 21.9. The number of aromatic hydroxyl groups is 2. The minimum Gasteiger partial charge on any atom is -0.506 e. The Kier molecular flexibility index (Phi) is 9.15. The lowest BCUT2D eigenvalue weighted by Crippen LogP contribution is -2.45. The lowest BCUT2D eigenvalue weighted by atomic mass is 9.50. The number of phenolic OH excluding ortho intramolecular Hbond substituents is 2. The highest BCUT2D eigenvalue weighted by Gasteiger charge is 2.52. The van der Waals surface area contributed by atoms with E-state index in [9.17, 15) is 10.2 Å². The van der Waals surface area contributed by atoms with Crippen LogP contribution in [-0.2, 0) is 5.41 Å². The van der Waals surface area contributed by atoms with Crippen molar-refractivity contribution in [2.24, 2.45) is 46.3 Å². The fourth-order valence-electron chi connectivity index (χ4n) is 15.2. The maximum absolute atomic E-state index is 10.4. The Morgan fingerprint density at radius 1 is 0.418 bits per heavy atom. The number of nitrogen functional groups attached to an aromatic ring is 2. The monoisotopic (exact) mass is 880 g/mol. The van der Waals surface area contributed by atoms with Crippen LogP contribution in [0.1, 0.15) is 110 Å². The zero-order valence-electron chi connectivity index (χ0n) is 37.9. The molecule has 9 aliphatic carbocycles. The standard InChI is InChI=1S/C61H56N2O4/c62-55-15-11-49(29-57(55)64)66-47-7-3-45(4-8-47)61(46-5-9-48(10-6-46)67-50-12-16-56(63)58(65)30-50)53-27-37(17-19-59-31-39-21-40(32-59)23-41(22-39)33-59)1-13-51(53)52-14-2-38(28-54(52)61)18-20-60-34-42-24-43(35-60)26-44(25-42)36-60/h1-16,27-30,39-44,64-65H,21-26,31-36,62-63H2. The first kappa shape index (κ1) is 40.5. The van der Waals surface area contributed by atoms with Crippen LogP contribution in [0, 0.1) is 70.0 Å². The Labute approximate surface area is 393 Å². The smallest absolute Gasteiger partial charge is 0.142 e. The molecule has 8 bridgehead atoms. The molecule has 0 unspecified atom stereocenters. The second-order valence-electron chi connectivity index (χ2n) is 21.9. The molecule has 0 aromatic heterocycles. The topological polar surface area (TPSA) is 111 Å². The molecule has 0 atom stereocenters. The summed E-state index contributed by atoms with van der Waals surface area (Å²) in [7, 11) is 0. The predicted molar refractivity (Wildman–Crippen MR) is 264 cm³/mol. The van der Waals surface area contributed by atoms with Gasteiger partial charge in [-0.25, -0.2) is 0 Å². The van der Waals surface area contributed by atoms with Gasteiger partial charge in [-0.15, -0.1) is 0 Å². The van der Waals surface area contributed by atoms with Crippen LogP contribution in [0.2, 0.25) is 0 Å². The molecule has 6 N–H and O–H groups in total. The maximum atomic E-state index is 10.4. The fourth-order valence-corrected chi connectivity index (χ4v) is 15.2. The molecule has 9 aliphatic rings. The van der Waals surface area contributed by atoms with E-state index in [-0.39, 0.29) is 22.3 Å². The Morgan fingerprint density at radius 3 is 1.10 bits per heavy atom. The Balaban J connectivity index is 0.962. The Hall–Kier alpha value is -6.76.